The Morgan fingerprint density at radius 2 is 2.10 bits per heavy atom. The van der Waals surface area contributed by atoms with Crippen molar-refractivity contribution in [2.45, 2.75) is 51.5 Å². The lowest BCUT2D eigenvalue weighted by Crippen LogP contribution is -2.24. The molecule has 1 unspecified atom stereocenters. The highest BCUT2D eigenvalue weighted by atomic mass is 19.1. The minimum atomic E-state index is -0.373. The maximum absolute atomic E-state index is 14.0. The van der Waals surface area contributed by atoms with Crippen LogP contribution in [0.3, 0.4) is 0 Å². The number of nitrogens with one attached hydrogen (secondary N) is 1. The van der Waals surface area contributed by atoms with Crippen LogP contribution in [-0.2, 0) is 0 Å². The normalized spacial score (nSPS) is 16.9. The molecule has 1 aliphatic carbocycles. The molecule has 1 N–H and O–H groups in total. The summed E-state index contributed by atoms with van der Waals surface area (Å²) in [4.78, 5) is 0. The summed E-state index contributed by atoms with van der Waals surface area (Å²) in [5.41, 5.74) is 1.82. The van der Waals surface area contributed by atoms with Gasteiger partial charge in [-0.3, -0.25) is 0 Å². The zero-order valence-electron chi connectivity index (χ0n) is 12.1. The molecule has 0 bridgehead atoms. The topological polar surface area (TPSA) is 12.0 Å². The van der Waals surface area contributed by atoms with Crippen molar-refractivity contribution in [3.8, 4) is 0 Å². The lowest BCUT2D eigenvalue weighted by molar-refractivity contribution is 0.480. The molecule has 1 aliphatic rings. The third-order valence-electron chi connectivity index (χ3n) is 3.83. The van der Waals surface area contributed by atoms with Crippen molar-refractivity contribution in [2.24, 2.45) is 0 Å². The van der Waals surface area contributed by atoms with E-state index in [2.05, 4.69) is 18.3 Å². The first-order valence-electron chi connectivity index (χ1n) is 7.57. The first kappa shape index (κ1) is 15.2. The maximum Gasteiger partial charge on any atom is 0.128 e. The molecule has 0 heterocycles. The fourth-order valence-corrected chi connectivity index (χ4v) is 2.74. The molecule has 0 fully saturated rings. The first-order valence-corrected chi connectivity index (χ1v) is 7.57. The van der Waals surface area contributed by atoms with E-state index in [1.165, 1.54) is 36.6 Å². The molecule has 110 valence electrons. The van der Waals surface area contributed by atoms with Crippen LogP contribution in [0.15, 0.2) is 29.8 Å². The molecule has 0 aromatic heterocycles. The molecule has 1 aromatic carbocycles. The van der Waals surface area contributed by atoms with E-state index in [4.69, 9.17) is 0 Å². The van der Waals surface area contributed by atoms with Gasteiger partial charge in [-0.1, -0.05) is 18.6 Å². The number of benzene rings is 1. The largest absolute Gasteiger partial charge is 0.310 e. The van der Waals surface area contributed by atoms with E-state index >= 15 is 0 Å². The molecule has 3 heteroatoms. The van der Waals surface area contributed by atoms with Crippen LogP contribution in [0.2, 0.25) is 0 Å². The lowest BCUT2D eigenvalue weighted by atomic mass is 9.91. The number of halogens is 2. The van der Waals surface area contributed by atoms with Crippen LogP contribution in [0.5, 0.6) is 0 Å². The number of hydrogen-bond acceptors (Lipinski definition) is 1. The van der Waals surface area contributed by atoms with Crippen molar-refractivity contribution in [1.82, 2.24) is 5.32 Å². The van der Waals surface area contributed by atoms with Gasteiger partial charge in [-0.15, -0.1) is 0 Å². The van der Waals surface area contributed by atoms with Gasteiger partial charge in [-0.2, -0.15) is 0 Å². The monoisotopic (exact) mass is 279 g/mol. The van der Waals surface area contributed by atoms with Gasteiger partial charge in [0.1, 0.15) is 11.6 Å². The van der Waals surface area contributed by atoms with Gasteiger partial charge >= 0.3 is 0 Å². The van der Waals surface area contributed by atoms with Crippen LogP contribution in [0.4, 0.5) is 8.78 Å². The second-order valence-electron chi connectivity index (χ2n) is 5.48. The number of rotatable bonds is 6. The summed E-state index contributed by atoms with van der Waals surface area (Å²) in [6, 6.07) is 3.59. The molecule has 1 aromatic rings. The SMILES string of the molecule is CCCNC(CC1=CCCCC1)c1cc(F)ccc1F. The molecule has 1 nitrogen and oxygen atoms in total. The Morgan fingerprint density at radius 3 is 2.80 bits per heavy atom. The van der Waals surface area contributed by atoms with E-state index in [-0.39, 0.29) is 17.7 Å². The third-order valence-corrected chi connectivity index (χ3v) is 3.83. The van der Waals surface area contributed by atoms with Gasteiger partial charge in [0.15, 0.2) is 0 Å². The standard InChI is InChI=1S/C17H23F2N/c1-2-10-20-17(11-13-6-4-3-5-7-13)15-12-14(18)8-9-16(15)19/h6,8-9,12,17,20H,2-5,7,10-11H2,1H3. The van der Waals surface area contributed by atoms with Crippen LogP contribution in [0.25, 0.3) is 0 Å². The highest BCUT2D eigenvalue weighted by Crippen LogP contribution is 2.29. The molecular weight excluding hydrogens is 256 g/mol. The van der Waals surface area contributed by atoms with Crippen molar-refractivity contribution in [3.63, 3.8) is 0 Å². The van der Waals surface area contributed by atoms with Gasteiger partial charge in [0.05, 0.1) is 0 Å². The second-order valence-corrected chi connectivity index (χ2v) is 5.48. The quantitative estimate of drug-likeness (QED) is 0.731. The van der Waals surface area contributed by atoms with E-state index in [0.29, 0.717) is 5.56 Å². The van der Waals surface area contributed by atoms with Crippen molar-refractivity contribution >= 4 is 0 Å². The van der Waals surface area contributed by atoms with Crippen molar-refractivity contribution < 1.29 is 8.78 Å². The van der Waals surface area contributed by atoms with Gasteiger partial charge < -0.3 is 5.32 Å². The van der Waals surface area contributed by atoms with E-state index in [9.17, 15) is 8.78 Å². The summed E-state index contributed by atoms with van der Waals surface area (Å²) in [6.45, 7) is 2.89. The molecule has 0 radical (unpaired) electrons. The van der Waals surface area contributed by atoms with Crippen LogP contribution >= 0.6 is 0 Å². The zero-order chi connectivity index (χ0) is 14.4. The van der Waals surface area contributed by atoms with Gasteiger partial charge in [-0.25, -0.2) is 8.78 Å². The Hall–Kier alpha value is -1.22. The zero-order valence-corrected chi connectivity index (χ0v) is 12.1. The Bertz CT molecular complexity index is 468. The minimum absolute atomic E-state index is 0.130. The Kier molecular flexibility index (Phi) is 5.72. The summed E-state index contributed by atoms with van der Waals surface area (Å²) >= 11 is 0. The van der Waals surface area contributed by atoms with Crippen LogP contribution in [0.1, 0.15) is 57.1 Å². The van der Waals surface area contributed by atoms with Crippen LogP contribution in [0, 0.1) is 11.6 Å². The maximum atomic E-state index is 14.0. The average molecular weight is 279 g/mol. The fraction of sp³-hybridized carbons (Fsp3) is 0.529. The van der Waals surface area contributed by atoms with Crippen molar-refractivity contribution in [3.05, 3.63) is 47.0 Å². The van der Waals surface area contributed by atoms with E-state index in [1.54, 1.807) is 0 Å². The lowest BCUT2D eigenvalue weighted by Gasteiger charge is -2.23. The minimum Gasteiger partial charge on any atom is -0.310 e. The molecule has 1 atom stereocenters. The molecule has 0 aliphatic heterocycles. The highest BCUT2D eigenvalue weighted by Gasteiger charge is 2.18. The molecule has 0 saturated carbocycles. The van der Waals surface area contributed by atoms with Crippen LogP contribution in [-0.4, -0.2) is 6.54 Å². The molecule has 20 heavy (non-hydrogen) atoms. The van der Waals surface area contributed by atoms with Gasteiger partial charge in [0.2, 0.25) is 0 Å². The predicted molar refractivity (Wildman–Crippen MR) is 78.6 cm³/mol. The Labute approximate surface area is 120 Å². The molecule has 2 rings (SSSR count). The molecular formula is C17H23F2N. The summed E-state index contributed by atoms with van der Waals surface area (Å²) in [5.74, 6) is -0.696. The smallest absolute Gasteiger partial charge is 0.128 e. The Morgan fingerprint density at radius 1 is 1.25 bits per heavy atom. The summed E-state index contributed by atoms with van der Waals surface area (Å²) in [7, 11) is 0. The highest BCUT2D eigenvalue weighted by molar-refractivity contribution is 5.24. The summed E-state index contributed by atoms with van der Waals surface area (Å²) in [5, 5.41) is 3.35. The Balaban J connectivity index is 2.17. The van der Waals surface area contributed by atoms with Gasteiger partial charge in [-0.05, 0) is 63.3 Å². The van der Waals surface area contributed by atoms with E-state index < -0.39 is 0 Å². The molecule has 0 amide bonds. The van der Waals surface area contributed by atoms with Gasteiger partial charge in [0, 0.05) is 11.6 Å². The number of allylic oxidation sites excluding steroid dienone is 1. The predicted octanol–water partition coefficient (Wildman–Crippen LogP) is 4.90. The number of hydrogen-bond donors (Lipinski definition) is 1. The van der Waals surface area contributed by atoms with Gasteiger partial charge in [0.25, 0.3) is 0 Å². The second kappa shape index (κ2) is 7.53. The molecule has 0 spiro atoms. The average Bonchev–Trinajstić information content (AvgIpc) is 2.47. The third kappa shape index (κ3) is 4.14. The van der Waals surface area contributed by atoms with Crippen LogP contribution < -0.4 is 5.32 Å². The fourth-order valence-electron chi connectivity index (χ4n) is 2.74. The van der Waals surface area contributed by atoms with E-state index in [0.717, 1.165) is 32.2 Å². The summed E-state index contributed by atoms with van der Waals surface area (Å²) in [6.07, 6.45) is 8.67. The van der Waals surface area contributed by atoms with Crippen molar-refractivity contribution in [2.75, 3.05) is 6.54 Å². The summed E-state index contributed by atoms with van der Waals surface area (Å²) < 4.78 is 27.4. The molecule has 0 saturated heterocycles. The van der Waals surface area contributed by atoms with E-state index in [1.807, 2.05) is 0 Å². The van der Waals surface area contributed by atoms with Crippen molar-refractivity contribution in [1.29, 1.82) is 0 Å². The first-order chi connectivity index (χ1) is 9.70.